The van der Waals surface area contributed by atoms with Gasteiger partial charge in [0, 0.05) is 50.0 Å². The third-order valence-electron chi connectivity index (χ3n) is 6.41. The molecule has 1 atom stereocenters. The molecule has 188 valence electrons. The number of hydrogen-bond acceptors (Lipinski definition) is 6. The highest BCUT2D eigenvalue weighted by Crippen LogP contribution is 2.25. The van der Waals surface area contributed by atoms with Gasteiger partial charge in [-0.3, -0.25) is 9.59 Å². The van der Waals surface area contributed by atoms with Crippen molar-refractivity contribution in [1.82, 2.24) is 9.47 Å². The van der Waals surface area contributed by atoms with Gasteiger partial charge in [-0.05, 0) is 25.3 Å². The predicted molar refractivity (Wildman–Crippen MR) is 121 cm³/mol. The van der Waals surface area contributed by atoms with Crippen molar-refractivity contribution in [2.75, 3.05) is 33.4 Å². The molecule has 1 saturated heterocycles. The Kier molecular flexibility index (Phi) is 7.80. The number of amides is 1. The van der Waals surface area contributed by atoms with Crippen LogP contribution >= 0.6 is 0 Å². The van der Waals surface area contributed by atoms with E-state index in [9.17, 15) is 23.2 Å². The van der Waals surface area contributed by atoms with E-state index in [1.807, 2.05) is 0 Å². The van der Waals surface area contributed by atoms with Crippen molar-refractivity contribution in [1.29, 1.82) is 0 Å². The average molecular weight is 491 g/mol. The smallest absolute Gasteiger partial charge is 0.343 e. The van der Waals surface area contributed by atoms with Crippen molar-refractivity contribution in [3.63, 3.8) is 0 Å². The molecule has 0 N–H and O–H groups in total. The first-order chi connectivity index (χ1) is 16.9. The van der Waals surface area contributed by atoms with Crippen molar-refractivity contribution in [2.45, 2.75) is 44.8 Å². The summed E-state index contributed by atoms with van der Waals surface area (Å²) < 4.78 is 45.5. The number of methoxy groups -OCH3 is 1. The summed E-state index contributed by atoms with van der Waals surface area (Å²) in [6.45, 7) is 1.36. The number of rotatable bonds is 6. The standard InChI is InChI=1S/C25H28F2N2O6/c1-33-25(32)23-19-8-9-28(21(30)13-16-5-4-7-18(26)24(16)27)10-11-29(19)22(31)14-20(23)35-15-17-6-2-3-12-34-17/h4-5,7,14,17H,2-3,6,8-13,15H2,1H3/t17-/m1/s1. The second-order valence-corrected chi connectivity index (χ2v) is 8.63. The molecule has 2 aliphatic rings. The number of aromatic nitrogens is 1. The highest BCUT2D eigenvalue weighted by Gasteiger charge is 2.28. The topological polar surface area (TPSA) is 87.1 Å². The summed E-state index contributed by atoms with van der Waals surface area (Å²) in [6, 6.07) is 4.97. The number of carbonyl (C=O) groups is 2. The average Bonchev–Trinajstić information content (AvgIpc) is 3.09. The van der Waals surface area contributed by atoms with Gasteiger partial charge in [-0.25, -0.2) is 13.6 Å². The summed E-state index contributed by atoms with van der Waals surface area (Å²) in [6.07, 6.45) is 2.61. The molecule has 1 amide bonds. The summed E-state index contributed by atoms with van der Waals surface area (Å²) in [7, 11) is 1.25. The molecule has 0 aliphatic carbocycles. The molecule has 0 unspecified atom stereocenters. The predicted octanol–water partition coefficient (Wildman–Crippen LogP) is 2.49. The van der Waals surface area contributed by atoms with Gasteiger partial charge in [-0.2, -0.15) is 0 Å². The van der Waals surface area contributed by atoms with Crippen LogP contribution in [0.3, 0.4) is 0 Å². The molecule has 10 heteroatoms. The Labute approximate surface area is 201 Å². The minimum atomic E-state index is -1.05. The molecule has 0 spiro atoms. The Hall–Kier alpha value is -3.27. The zero-order chi connectivity index (χ0) is 24.9. The number of esters is 1. The maximum atomic E-state index is 14.0. The van der Waals surface area contributed by atoms with Crippen LogP contribution in [0.25, 0.3) is 0 Å². The largest absolute Gasteiger partial charge is 0.490 e. The number of hydrogen-bond donors (Lipinski definition) is 0. The van der Waals surface area contributed by atoms with Crippen molar-refractivity contribution in [2.24, 2.45) is 0 Å². The minimum absolute atomic E-state index is 0.0372. The lowest BCUT2D eigenvalue weighted by Gasteiger charge is -2.24. The Balaban J connectivity index is 1.55. The molecular weight excluding hydrogens is 462 g/mol. The minimum Gasteiger partial charge on any atom is -0.490 e. The summed E-state index contributed by atoms with van der Waals surface area (Å²) in [5.74, 6) is -2.98. The molecule has 0 bridgehead atoms. The Bertz CT molecular complexity index is 1160. The Morgan fingerprint density at radius 2 is 2.00 bits per heavy atom. The highest BCUT2D eigenvalue weighted by atomic mass is 19.2. The van der Waals surface area contributed by atoms with E-state index < -0.39 is 23.5 Å². The summed E-state index contributed by atoms with van der Waals surface area (Å²) in [4.78, 5) is 39.9. The lowest BCUT2D eigenvalue weighted by Crippen LogP contribution is -2.35. The van der Waals surface area contributed by atoms with E-state index in [4.69, 9.17) is 14.2 Å². The van der Waals surface area contributed by atoms with Crippen LogP contribution in [0.5, 0.6) is 5.75 Å². The van der Waals surface area contributed by atoms with E-state index in [1.165, 1.54) is 34.8 Å². The second kappa shape index (κ2) is 11.0. The first-order valence-corrected chi connectivity index (χ1v) is 11.7. The summed E-state index contributed by atoms with van der Waals surface area (Å²) in [5.41, 5.74) is 0.159. The van der Waals surface area contributed by atoms with Gasteiger partial charge < -0.3 is 23.7 Å². The molecule has 8 nitrogen and oxygen atoms in total. The van der Waals surface area contributed by atoms with E-state index in [-0.39, 0.29) is 67.6 Å². The van der Waals surface area contributed by atoms with Gasteiger partial charge in [0.1, 0.15) is 17.9 Å². The number of benzene rings is 1. The number of carbonyl (C=O) groups excluding carboxylic acids is 2. The molecule has 4 rings (SSSR count). The first-order valence-electron chi connectivity index (χ1n) is 11.7. The van der Waals surface area contributed by atoms with E-state index >= 15 is 0 Å². The normalized spacial score (nSPS) is 17.9. The van der Waals surface area contributed by atoms with Gasteiger partial charge in [0.05, 0.1) is 19.6 Å². The molecule has 0 radical (unpaired) electrons. The van der Waals surface area contributed by atoms with E-state index in [2.05, 4.69) is 0 Å². The van der Waals surface area contributed by atoms with Crippen LogP contribution in [0.2, 0.25) is 0 Å². The number of nitrogens with zero attached hydrogens (tertiary/aromatic N) is 2. The maximum Gasteiger partial charge on any atom is 0.343 e. The van der Waals surface area contributed by atoms with E-state index in [1.54, 1.807) is 0 Å². The Morgan fingerprint density at radius 3 is 2.74 bits per heavy atom. The first kappa shape index (κ1) is 24.8. The lowest BCUT2D eigenvalue weighted by molar-refractivity contribution is -0.130. The third-order valence-corrected chi connectivity index (χ3v) is 6.41. The molecule has 0 saturated carbocycles. The van der Waals surface area contributed by atoms with Gasteiger partial charge in [-0.15, -0.1) is 0 Å². The number of fused-ring (bicyclic) bond motifs is 1. The van der Waals surface area contributed by atoms with Gasteiger partial charge in [0.25, 0.3) is 5.56 Å². The van der Waals surface area contributed by atoms with Crippen LogP contribution in [0.15, 0.2) is 29.1 Å². The molecule has 3 heterocycles. The second-order valence-electron chi connectivity index (χ2n) is 8.63. The van der Waals surface area contributed by atoms with Gasteiger partial charge in [0.15, 0.2) is 11.6 Å². The fourth-order valence-electron chi connectivity index (χ4n) is 4.52. The molecule has 2 aromatic rings. The molecule has 1 aromatic heterocycles. The van der Waals surface area contributed by atoms with Crippen LogP contribution in [0.1, 0.15) is 40.9 Å². The van der Waals surface area contributed by atoms with Crippen molar-refractivity contribution >= 4 is 11.9 Å². The number of halogens is 2. The summed E-state index contributed by atoms with van der Waals surface area (Å²) in [5, 5.41) is 0. The van der Waals surface area contributed by atoms with Crippen LogP contribution in [-0.4, -0.2) is 60.9 Å². The zero-order valence-electron chi connectivity index (χ0n) is 19.6. The van der Waals surface area contributed by atoms with Gasteiger partial charge in [-0.1, -0.05) is 12.1 Å². The van der Waals surface area contributed by atoms with Crippen LogP contribution < -0.4 is 10.3 Å². The molecular formula is C25H28F2N2O6. The van der Waals surface area contributed by atoms with Crippen molar-refractivity contribution in [3.8, 4) is 5.75 Å². The lowest BCUT2D eigenvalue weighted by atomic mass is 10.1. The quantitative estimate of drug-likeness (QED) is 0.579. The van der Waals surface area contributed by atoms with Crippen molar-refractivity contribution in [3.05, 3.63) is 63.1 Å². The van der Waals surface area contributed by atoms with Gasteiger partial charge >= 0.3 is 5.97 Å². The molecule has 2 aliphatic heterocycles. The zero-order valence-corrected chi connectivity index (χ0v) is 19.6. The fourth-order valence-corrected chi connectivity index (χ4v) is 4.52. The van der Waals surface area contributed by atoms with Gasteiger partial charge in [0.2, 0.25) is 5.91 Å². The fraction of sp³-hybridized carbons (Fsp3) is 0.480. The maximum absolute atomic E-state index is 14.0. The Morgan fingerprint density at radius 1 is 1.17 bits per heavy atom. The van der Waals surface area contributed by atoms with Crippen LogP contribution in [0.4, 0.5) is 8.78 Å². The SMILES string of the molecule is COC(=O)c1c(OC[C@H]2CCCCO2)cc(=O)n2c1CCN(C(=O)Cc1cccc(F)c1F)CC2. The monoisotopic (exact) mass is 490 g/mol. The van der Waals surface area contributed by atoms with E-state index in [0.29, 0.717) is 12.3 Å². The van der Waals surface area contributed by atoms with Crippen LogP contribution in [-0.2, 0) is 33.7 Å². The van der Waals surface area contributed by atoms with Crippen molar-refractivity contribution < 1.29 is 32.6 Å². The number of pyridine rings is 1. The van der Waals surface area contributed by atoms with E-state index in [0.717, 1.165) is 25.3 Å². The number of ether oxygens (including phenoxy) is 3. The molecule has 35 heavy (non-hydrogen) atoms. The molecule has 1 aromatic carbocycles. The van der Waals surface area contributed by atoms with Crippen LogP contribution in [0, 0.1) is 11.6 Å². The summed E-state index contributed by atoms with van der Waals surface area (Å²) >= 11 is 0. The third kappa shape index (κ3) is 5.53. The molecule has 1 fully saturated rings. The highest BCUT2D eigenvalue weighted by molar-refractivity contribution is 5.93.